The van der Waals surface area contributed by atoms with Crippen LogP contribution < -0.4 is 16.4 Å². The molecule has 0 aromatic carbocycles. The minimum Gasteiger partial charge on any atom is -0.355 e. The first-order chi connectivity index (χ1) is 9.00. The maximum atomic E-state index is 11.9. The Kier molecular flexibility index (Phi) is 7.20. The lowest BCUT2D eigenvalue weighted by molar-refractivity contribution is -0.128. The number of rotatable bonds is 7. The van der Waals surface area contributed by atoms with Gasteiger partial charge in [0.15, 0.2) is 0 Å². The molecular weight excluding hydrogens is 254 g/mol. The molecule has 0 radical (unpaired) electrons. The zero-order valence-corrected chi connectivity index (χ0v) is 13.8. The summed E-state index contributed by atoms with van der Waals surface area (Å²) in [6, 6.07) is 0. The Bertz CT molecular complexity index is 335. The molecule has 0 aliphatic heterocycles. The third-order valence-corrected chi connectivity index (χ3v) is 3.07. The second-order valence-electron chi connectivity index (χ2n) is 7.17. The Morgan fingerprint density at radius 1 is 1.15 bits per heavy atom. The van der Waals surface area contributed by atoms with Crippen LogP contribution in [0.5, 0.6) is 0 Å². The van der Waals surface area contributed by atoms with Gasteiger partial charge in [0.05, 0.1) is 0 Å². The number of nitrogens with two attached hydrogens (primary N) is 1. The van der Waals surface area contributed by atoms with Crippen molar-refractivity contribution in [2.45, 2.75) is 59.9 Å². The van der Waals surface area contributed by atoms with E-state index in [4.69, 9.17) is 5.73 Å². The lowest BCUT2D eigenvalue weighted by Gasteiger charge is -2.31. The predicted octanol–water partition coefficient (Wildman–Crippen LogP) is 1.42. The van der Waals surface area contributed by atoms with Crippen LogP contribution >= 0.6 is 0 Å². The van der Waals surface area contributed by atoms with Gasteiger partial charge in [-0.05, 0) is 19.3 Å². The van der Waals surface area contributed by atoms with Crippen molar-refractivity contribution < 1.29 is 9.59 Å². The van der Waals surface area contributed by atoms with Crippen molar-refractivity contribution in [3.05, 3.63) is 0 Å². The Balaban J connectivity index is 4.20. The lowest BCUT2D eigenvalue weighted by Crippen LogP contribution is -2.52. The van der Waals surface area contributed by atoms with E-state index in [-0.39, 0.29) is 23.8 Å². The molecule has 1 atom stereocenters. The standard InChI is InChI=1S/C15H31N3O2/c1-11(2)9-15(6,10-16)18-12(19)7-8-17-13(20)14(3,4)5/h11H,7-10,16H2,1-6H3,(H,17,20)(H,18,19). The van der Waals surface area contributed by atoms with Crippen LogP contribution in [0.3, 0.4) is 0 Å². The highest BCUT2D eigenvalue weighted by atomic mass is 16.2. The van der Waals surface area contributed by atoms with Crippen molar-refractivity contribution >= 4 is 11.8 Å². The summed E-state index contributed by atoms with van der Waals surface area (Å²) in [5, 5.41) is 5.74. The van der Waals surface area contributed by atoms with Gasteiger partial charge in [0.2, 0.25) is 11.8 Å². The number of hydrogen-bond donors (Lipinski definition) is 3. The van der Waals surface area contributed by atoms with Gasteiger partial charge < -0.3 is 16.4 Å². The number of carbonyl (C=O) groups is 2. The zero-order valence-electron chi connectivity index (χ0n) is 13.8. The van der Waals surface area contributed by atoms with Crippen LogP contribution in [0.4, 0.5) is 0 Å². The summed E-state index contributed by atoms with van der Waals surface area (Å²) in [5.74, 6) is 0.339. The van der Waals surface area contributed by atoms with E-state index < -0.39 is 5.41 Å². The van der Waals surface area contributed by atoms with Crippen LogP contribution in [-0.2, 0) is 9.59 Å². The molecule has 0 bridgehead atoms. The number of carbonyl (C=O) groups excluding carboxylic acids is 2. The Morgan fingerprint density at radius 3 is 2.10 bits per heavy atom. The summed E-state index contributed by atoms with van der Waals surface area (Å²) in [7, 11) is 0. The van der Waals surface area contributed by atoms with E-state index in [9.17, 15) is 9.59 Å². The van der Waals surface area contributed by atoms with E-state index in [1.165, 1.54) is 0 Å². The monoisotopic (exact) mass is 285 g/mol. The van der Waals surface area contributed by atoms with Gasteiger partial charge in [-0.2, -0.15) is 0 Å². The average Bonchev–Trinajstić information content (AvgIpc) is 2.26. The fourth-order valence-electron chi connectivity index (χ4n) is 2.04. The molecule has 0 aromatic heterocycles. The Labute approximate surface area is 123 Å². The first-order valence-corrected chi connectivity index (χ1v) is 7.29. The molecule has 1 unspecified atom stereocenters. The summed E-state index contributed by atoms with van der Waals surface area (Å²) < 4.78 is 0. The summed E-state index contributed by atoms with van der Waals surface area (Å²) in [4.78, 5) is 23.6. The van der Waals surface area contributed by atoms with Crippen LogP contribution in [0.15, 0.2) is 0 Å². The first kappa shape index (κ1) is 18.9. The minimum atomic E-state index is -0.431. The molecule has 5 heteroatoms. The van der Waals surface area contributed by atoms with Crippen LogP contribution in [0.25, 0.3) is 0 Å². The highest BCUT2D eigenvalue weighted by molar-refractivity contribution is 5.82. The van der Waals surface area contributed by atoms with E-state index in [0.29, 0.717) is 19.0 Å². The van der Waals surface area contributed by atoms with Crippen LogP contribution in [0, 0.1) is 11.3 Å². The minimum absolute atomic E-state index is 0.0472. The van der Waals surface area contributed by atoms with Gasteiger partial charge in [0.1, 0.15) is 0 Å². The largest absolute Gasteiger partial charge is 0.355 e. The van der Waals surface area contributed by atoms with E-state index in [2.05, 4.69) is 24.5 Å². The zero-order chi connectivity index (χ0) is 16.0. The highest BCUT2D eigenvalue weighted by Gasteiger charge is 2.26. The quantitative estimate of drug-likeness (QED) is 0.661. The van der Waals surface area contributed by atoms with Crippen molar-refractivity contribution in [1.29, 1.82) is 0 Å². The van der Waals surface area contributed by atoms with Crippen molar-refractivity contribution in [3.63, 3.8) is 0 Å². The predicted molar refractivity (Wildman–Crippen MR) is 82.1 cm³/mol. The van der Waals surface area contributed by atoms with Crippen LogP contribution in [0.2, 0.25) is 0 Å². The first-order valence-electron chi connectivity index (χ1n) is 7.29. The van der Waals surface area contributed by atoms with Gasteiger partial charge in [-0.1, -0.05) is 34.6 Å². The molecule has 0 saturated heterocycles. The van der Waals surface area contributed by atoms with Crippen molar-refractivity contribution in [1.82, 2.24) is 10.6 Å². The highest BCUT2D eigenvalue weighted by Crippen LogP contribution is 2.15. The molecule has 0 spiro atoms. The molecule has 0 aromatic rings. The molecule has 0 rings (SSSR count). The van der Waals surface area contributed by atoms with E-state index in [1.54, 1.807) is 0 Å². The fourth-order valence-corrected chi connectivity index (χ4v) is 2.04. The summed E-state index contributed by atoms with van der Waals surface area (Å²) in [6.07, 6.45) is 1.11. The lowest BCUT2D eigenvalue weighted by atomic mass is 9.90. The van der Waals surface area contributed by atoms with E-state index in [1.807, 2.05) is 27.7 Å². The van der Waals surface area contributed by atoms with Gasteiger partial charge in [0, 0.05) is 30.5 Å². The summed E-state index contributed by atoms with van der Waals surface area (Å²) in [5.41, 5.74) is 4.95. The molecular formula is C15H31N3O2. The number of nitrogens with one attached hydrogen (secondary N) is 2. The van der Waals surface area contributed by atoms with E-state index >= 15 is 0 Å². The van der Waals surface area contributed by atoms with Gasteiger partial charge >= 0.3 is 0 Å². The average molecular weight is 285 g/mol. The van der Waals surface area contributed by atoms with Gasteiger partial charge in [-0.15, -0.1) is 0 Å². The normalized spacial score (nSPS) is 14.8. The smallest absolute Gasteiger partial charge is 0.225 e. The second kappa shape index (κ2) is 7.62. The molecule has 20 heavy (non-hydrogen) atoms. The third kappa shape index (κ3) is 7.48. The topological polar surface area (TPSA) is 84.2 Å². The second-order valence-corrected chi connectivity index (χ2v) is 7.17. The Hall–Kier alpha value is -1.10. The van der Waals surface area contributed by atoms with Crippen molar-refractivity contribution in [3.8, 4) is 0 Å². The molecule has 5 nitrogen and oxygen atoms in total. The molecule has 0 saturated carbocycles. The molecule has 0 heterocycles. The summed E-state index contributed by atoms with van der Waals surface area (Å²) >= 11 is 0. The molecule has 0 aliphatic rings. The molecule has 118 valence electrons. The Morgan fingerprint density at radius 2 is 1.70 bits per heavy atom. The van der Waals surface area contributed by atoms with E-state index in [0.717, 1.165) is 6.42 Å². The molecule has 4 N–H and O–H groups in total. The summed E-state index contributed by atoms with van der Waals surface area (Å²) in [6.45, 7) is 12.4. The van der Waals surface area contributed by atoms with Gasteiger partial charge in [0.25, 0.3) is 0 Å². The third-order valence-electron chi connectivity index (χ3n) is 3.07. The maximum Gasteiger partial charge on any atom is 0.225 e. The van der Waals surface area contributed by atoms with Crippen LogP contribution in [-0.4, -0.2) is 30.4 Å². The number of amides is 2. The van der Waals surface area contributed by atoms with Gasteiger partial charge in [-0.3, -0.25) is 9.59 Å². The maximum absolute atomic E-state index is 11.9. The van der Waals surface area contributed by atoms with Crippen LogP contribution in [0.1, 0.15) is 54.4 Å². The SMILES string of the molecule is CC(C)CC(C)(CN)NC(=O)CCNC(=O)C(C)(C)C. The fraction of sp³-hybridized carbons (Fsp3) is 0.867. The van der Waals surface area contributed by atoms with Gasteiger partial charge in [-0.25, -0.2) is 0 Å². The number of hydrogen-bond acceptors (Lipinski definition) is 3. The van der Waals surface area contributed by atoms with Crippen molar-refractivity contribution in [2.75, 3.05) is 13.1 Å². The molecule has 2 amide bonds. The molecule has 0 aliphatic carbocycles. The van der Waals surface area contributed by atoms with Crippen molar-refractivity contribution in [2.24, 2.45) is 17.1 Å². The molecule has 0 fully saturated rings.